The van der Waals surface area contributed by atoms with Crippen molar-refractivity contribution in [1.82, 2.24) is 0 Å². The molecule has 2 nitrogen and oxygen atoms in total. The van der Waals surface area contributed by atoms with Crippen LogP contribution in [-0.4, -0.2) is 6.54 Å². The van der Waals surface area contributed by atoms with Crippen LogP contribution >= 0.6 is 0 Å². The van der Waals surface area contributed by atoms with Gasteiger partial charge in [-0.25, -0.2) is 0 Å². The zero-order valence-electron chi connectivity index (χ0n) is 10.7. The van der Waals surface area contributed by atoms with Crippen LogP contribution in [0.15, 0.2) is 18.2 Å². The van der Waals surface area contributed by atoms with E-state index in [1.807, 2.05) is 12.1 Å². The van der Waals surface area contributed by atoms with Crippen molar-refractivity contribution in [2.75, 3.05) is 17.6 Å². The number of anilines is 2. The van der Waals surface area contributed by atoms with Crippen LogP contribution in [0.1, 0.15) is 38.7 Å². The van der Waals surface area contributed by atoms with E-state index in [1.54, 1.807) is 0 Å². The lowest BCUT2D eigenvalue weighted by Gasteiger charge is -2.10. The molecule has 0 amide bonds. The van der Waals surface area contributed by atoms with E-state index in [0.29, 0.717) is 0 Å². The van der Waals surface area contributed by atoms with Gasteiger partial charge in [0.25, 0.3) is 0 Å². The Bertz CT molecular complexity index is 319. The summed E-state index contributed by atoms with van der Waals surface area (Å²) in [5.74, 6) is 0.809. The molecule has 0 unspecified atom stereocenters. The van der Waals surface area contributed by atoms with Crippen LogP contribution in [0.2, 0.25) is 0 Å². The van der Waals surface area contributed by atoms with Crippen LogP contribution in [-0.2, 0) is 0 Å². The number of nitrogen functional groups attached to an aromatic ring is 1. The second-order valence-electron chi connectivity index (χ2n) is 4.91. The van der Waals surface area contributed by atoms with Crippen LogP contribution < -0.4 is 11.1 Å². The molecular formula is C14H24N2. The third kappa shape index (κ3) is 4.56. The lowest BCUT2D eigenvalue weighted by Crippen LogP contribution is -2.04. The van der Waals surface area contributed by atoms with Crippen LogP contribution in [0, 0.1) is 12.8 Å². The molecule has 0 heterocycles. The molecule has 3 N–H and O–H groups in total. The van der Waals surface area contributed by atoms with E-state index in [2.05, 4.69) is 32.2 Å². The van der Waals surface area contributed by atoms with Gasteiger partial charge in [0, 0.05) is 6.54 Å². The number of unbranched alkanes of at least 4 members (excludes halogenated alkanes) is 1. The van der Waals surface area contributed by atoms with E-state index in [4.69, 9.17) is 5.73 Å². The van der Waals surface area contributed by atoms with Gasteiger partial charge in [-0.2, -0.15) is 0 Å². The van der Waals surface area contributed by atoms with Crippen LogP contribution in [0.25, 0.3) is 0 Å². The lowest BCUT2D eigenvalue weighted by molar-refractivity contribution is 0.545. The molecule has 1 aromatic carbocycles. The van der Waals surface area contributed by atoms with Crippen molar-refractivity contribution < 1.29 is 0 Å². The number of nitrogens with two attached hydrogens (primary N) is 1. The van der Waals surface area contributed by atoms with Crippen molar-refractivity contribution in [3.8, 4) is 0 Å². The Morgan fingerprint density at radius 1 is 1.25 bits per heavy atom. The minimum Gasteiger partial charge on any atom is -0.397 e. The van der Waals surface area contributed by atoms with Gasteiger partial charge in [0.2, 0.25) is 0 Å². The molecule has 0 saturated heterocycles. The Labute approximate surface area is 99.2 Å². The molecule has 2 heteroatoms. The minimum atomic E-state index is 0.809. The molecule has 0 bridgehead atoms. The monoisotopic (exact) mass is 220 g/mol. The molecule has 0 aliphatic heterocycles. The van der Waals surface area contributed by atoms with Gasteiger partial charge in [-0.3, -0.25) is 0 Å². The van der Waals surface area contributed by atoms with Gasteiger partial charge in [0.05, 0.1) is 11.4 Å². The summed E-state index contributed by atoms with van der Waals surface area (Å²) in [6, 6.07) is 6.11. The minimum absolute atomic E-state index is 0.809. The number of benzene rings is 1. The maximum Gasteiger partial charge on any atom is 0.0576 e. The average molecular weight is 220 g/mol. The second-order valence-corrected chi connectivity index (χ2v) is 4.91. The average Bonchev–Trinajstić information content (AvgIpc) is 2.22. The largest absolute Gasteiger partial charge is 0.397 e. The Kier molecular flexibility index (Phi) is 5.17. The predicted octanol–water partition coefficient (Wildman–Crippen LogP) is 3.82. The van der Waals surface area contributed by atoms with Crippen LogP contribution in [0.3, 0.4) is 0 Å². The Balaban J connectivity index is 2.29. The molecular weight excluding hydrogens is 196 g/mol. The Morgan fingerprint density at radius 3 is 2.69 bits per heavy atom. The van der Waals surface area contributed by atoms with E-state index in [-0.39, 0.29) is 0 Å². The van der Waals surface area contributed by atoms with Crippen LogP contribution in [0.4, 0.5) is 11.4 Å². The fourth-order valence-corrected chi connectivity index (χ4v) is 1.72. The normalized spacial score (nSPS) is 10.8. The first kappa shape index (κ1) is 12.9. The molecule has 0 spiro atoms. The van der Waals surface area contributed by atoms with Gasteiger partial charge >= 0.3 is 0 Å². The summed E-state index contributed by atoms with van der Waals surface area (Å²) in [6.45, 7) is 7.64. The van der Waals surface area contributed by atoms with E-state index < -0.39 is 0 Å². The zero-order chi connectivity index (χ0) is 12.0. The SMILES string of the molecule is Cc1ccc(N)c(NCCCCC(C)C)c1. The fraction of sp³-hybridized carbons (Fsp3) is 0.571. The lowest BCUT2D eigenvalue weighted by atomic mass is 10.1. The van der Waals surface area contributed by atoms with E-state index in [0.717, 1.165) is 23.8 Å². The maximum absolute atomic E-state index is 5.89. The van der Waals surface area contributed by atoms with Gasteiger partial charge in [0.1, 0.15) is 0 Å². The number of aryl methyl sites for hydroxylation is 1. The topological polar surface area (TPSA) is 38.0 Å². The van der Waals surface area contributed by atoms with Crippen LogP contribution in [0.5, 0.6) is 0 Å². The highest BCUT2D eigenvalue weighted by Crippen LogP contribution is 2.19. The molecule has 0 aliphatic carbocycles. The van der Waals surface area contributed by atoms with Gasteiger partial charge < -0.3 is 11.1 Å². The van der Waals surface area contributed by atoms with E-state index in [9.17, 15) is 0 Å². The summed E-state index contributed by atoms with van der Waals surface area (Å²) in [7, 11) is 0. The highest BCUT2D eigenvalue weighted by atomic mass is 14.9. The van der Waals surface area contributed by atoms with E-state index >= 15 is 0 Å². The summed E-state index contributed by atoms with van der Waals surface area (Å²) in [5.41, 5.74) is 9.05. The molecule has 16 heavy (non-hydrogen) atoms. The first-order chi connectivity index (χ1) is 7.59. The molecule has 1 aromatic rings. The fourth-order valence-electron chi connectivity index (χ4n) is 1.72. The first-order valence-corrected chi connectivity index (χ1v) is 6.19. The van der Waals surface area contributed by atoms with Crippen molar-refractivity contribution in [2.24, 2.45) is 5.92 Å². The smallest absolute Gasteiger partial charge is 0.0576 e. The molecule has 0 saturated carbocycles. The third-order valence-corrected chi connectivity index (χ3v) is 2.73. The van der Waals surface area contributed by atoms with E-state index in [1.165, 1.54) is 24.8 Å². The molecule has 0 aliphatic rings. The van der Waals surface area contributed by atoms with Crippen molar-refractivity contribution >= 4 is 11.4 Å². The van der Waals surface area contributed by atoms with Crippen molar-refractivity contribution in [3.05, 3.63) is 23.8 Å². The quantitative estimate of drug-likeness (QED) is 0.565. The molecule has 0 fully saturated rings. The van der Waals surface area contributed by atoms with Gasteiger partial charge in [-0.15, -0.1) is 0 Å². The van der Waals surface area contributed by atoms with Gasteiger partial charge in [-0.05, 0) is 37.0 Å². The predicted molar refractivity (Wildman–Crippen MR) is 72.8 cm³/mol. The summed E-state index contributed by atoms with van der Waals surface area (Å²) in [6.07, 6.45) is 3.81. The van der Waals surface area contributed by atoms with Gasteiger partial charge in [-0.1, -0.05) is 32.8 Å². The molecule has 1 rings (SSSR count). The van der Waals surface area contributed by atoms with Crippen molar-refractivity contribution in [2.45, 2.75) is 40.0 Å². The highest BCUT2D eigenvalue weighted by molar-refractivity contribution is 5.66. The van der Waals surface area contributed by atoms with Gasteiger partial charge in [0.15, 0.2) is 0 Å². The van der Waals surface area contributed by atoms with Crippen molar-refractivity contribution in [1.29, 1.82) is 0 Å². The molecule has 0 atom stereocenters. The number of rotatable bonds is 6. The number of hydrogen-bond donors (Lipinski definition) is 2. The molecule has 0 aromatic heterocycles. The third-order valence-electron chi connectivity index (χ3n) is 2.73. The summed E-state index contributed by atoms with van der Waals surface area (Å²) in [4.78, 5) is 0. The second kappa shape index (κ2) is 6.41. The van der Waals surface area contributed by atoms with Crippen molar-refractivity contribution in [3.63, 3.8) is 0 Å². The Morgan fingerprint density at radius 2 is 2.00 bits per heavy atom. The summed E-state index contributed by atoms with van der Waals surface area (Å²) >= 11 is 0. The summed E-state index contributed by atoms with van der Waals surface area (Å²) in [5, 5.41) is 3.40. The standard InChI is InChI=1S/C14H24N2/c1-11(2)6-4-5-9-16-14-10-12(3)7-8-13(14)15/h7-8,10-11,16H,4-6,9,15H2,1-3H3. The number of nitrogens with one attached hydrogen (secondary N) is 1. The number of hydrogen-bond acceptors (Lipinski definition) is 2. The molecule has 90 valence electrons. The summed E-state index contributed by atoms with van der Waals surface area (Å²) < 4.78 is 0. The maximum atomic E-state index is 5.89. The Hall–Kier alpha value is -1.18. The first-order valence-electron chi connectivity index (χ1n) is 6.19. The molecule has 0 radical (unpaired) electrons. The zero-order valence-corrected chi connectivity index (χ0v) is 10.7. The highest BCUT2D eigenvalue weighted by Gasteiger charge is 1.98.